The highest BCUT2D eigenvalue weighted by atomic mass is 79.9. The molecule has 0 aliphatic heterocycles. The molecule has 0 saturated carbocycles. The second kappa shape index (κ2) is 5.43. The molecule has 4 rings (SSSR count). The molecular formula is C13H10BrClN8. The molecule has 2 N–H and O–H groups in total. The zero-order valence-corrected chi connectivity index (χ0v) is 14.0. The molecule has 10 heteroatoms. The number of rotatable bonds is 3. The molecule has 116 valence electrons. The van der Waals surface area contributed by atoms with Crippen LogP contribution in [0.1, 0.15) is 0 Å². The van der Waals surface area contributed by atoms with Gasteiger partial charge in [-0.05, 0) is 28.1 Å². The van der Waals surface area contributed by atoms with Gasteiger partial charge in [-0.2, -0.15) is 14.6 Å². The van der Waals surface area contributed by atoms with Crippen molar-refractivity contribution < 1.29 is 0 Å². The van der Waals surface area contributed by atoms with Crippen molar-refractivity contribution in [2.75, 3.05) is 11.6 Å². The predicted octanol–water partition coefficient (Wildman–Crippen LogP) is 2.12. The third-order valence-corrected chi connectivity index (χ3v) is 4.17. The van der Waals surface area contributed by atoms with Crippen molar-refractivity contribution in [1.82, 2.24) is 34.3 Å². The van der Waals surface area contributed by atoms with E-state index in [1.807, 2.05) is 12.1 Å². The van der Waals surface area contributed by atoms with Crippen LogP contribution in [0.5, 0.6) is 0 Å². The first-order chi connectivity index (χ1) is 11.2. The van der Waals surface area contributed by atoms with E-state index in [1.165, 1.54) is 4.52 Å². The van der Waals surface area contributed by atoms with Crippen LogP contribution in [-0.4, -0.2) is 40.2 Å². The number of halogens is 2. The fourth-order valence-corrected chi connectivity index (χ4v) is 2.94. The summed E-state index contributed by atoms with van der Waals surface area (Å²) in [5.41, 5.74) is 7.87. The molecule has 0 spiro atoms. The molecule has 0 atom stereocenters. The fraction of sp³-hybridized carbons (Fsp3) is 0.154. The average Bonchev–Trinajstić information content (AvgIpc) is 3.13. The minimum atomic E-state index is 0.231. The maximum absolute atomic E-state index is 6.02. The number of alkyl halides is 1. The third kappa shape index (κ3) is 2.23. The molecule has 0 aliphatic carbocycles. The summed E-state index contributed by atoms with van der Waals surface area (Å²) in [5, 5.41) is 9.45. The summed E-state index contributed by atoms with van der Waals surface area (Å²) >= 11 is 9.24. The number of fused-ring (bicyclic) bond motifs is 3. The highest BCUT2D eigenvalue weighted by Crippen LogP contribution is 2.26. The van der Waals surface area contributed by atoms with Gasteiger partial charge in [0.2, 0.25) is 11.8 Å². The number of anilines is 1. The van der Waals surface area contributed by atoms with Gasteiger partial charge in [0.05, 0.1) is 18.1 Å². The molecule has 0 fully saturated rings. The Morgan fingerprint density at radius 3 is 2.91 bits per heavy atom. The van der Waals surface area contributed by atoms with Gasteiger partial charge in [-0.1, -0.05) is 0 Å². The van der Waals surface area contributed by atoms with Crippen LogP contribution < -0.4 is 5.73 Å². The summed E-state index contributed by atoms with van der Waals surface area (Å²) < 4.78 is 3.99. The highest BCUT2D eigenvalue weighted by molar-refractivity contribution is 9.10. The molecule has 0 bridgehead atoms. The minimum Gasteiger partial charge on any atom is -0.368 e. The van der Waals surface area contributed by atoms with E-state index in [4.69, 9.17) is 17.3 Å². The van der Waals surface area contributed by atoms with Gasteiger partial charge >= 0.3 is 0 Å². The van der Waals surface area contributed by atoms with E-state index in [2.05, 4.69) is 41.1 Å². The number of pyridine rings is 1. The number of nitrogens with zero attached hydrogens (tertiary/aromatic N) is 7. The number of aromatic nitrogens is 7. The van der Waals surface area contributed by atoms with Gasteiger partial charge in [-0.3, -0.25) is 4.98 Å². The van der Waals surface area contributed by atoms with Crippen LogP contribution in [0.4, 0.5) is 5.95 Å². The Bertz CT molecular complexity index is 1020. The summed E-state index contributed by atoms with van der Waals surface area (Å²) in [6.45, 7) is 0.542. The summed E-state index contributed by atoms with van der Waals surface area (Å²) in [6.07, 6.45) is 3.37. The van der Waals surface area contributed by atoms with Crippen molar-refractivity contribution >= 4 is 50.2 Å². The summed E-state index contributed by atoms with van der Waals surface area (Å²) in [7, 11) is 0. The van der Waals surface area contributed by atoms with Gasteiger partial charge in [0.1, 0.15) is 5.69 Å². The summed E-state index contributed by atoms with van der Waals surface area (Å²) in [4.78, 5) is 13.2. The van der Waals surface area contributed by atoms with Crippen molar-refractivity contribution in [2.45, 2.75) is 6.54 Å². The van der Waals surface area contributed by atoms with Crippen molar-refractivity contribution in [3.8, 4) is 11.5 Å². The van der Waals surface area contributed by atoms with Crippen LogP contribution in [0.15, 0.2) is 29.0 Å². The number of hydrogen-bond acceptors (Lipinski definition) is 6. The molecule has 0 radical (unpaired) electrons. The monoisotopic (exact) mass is 392 g/mol. The quantitative estimate of drug-likeness (QED) is 0.535. The minimum absolute atomic E-state index is 0.231. The largest absolute Gasteiger partial charge is 0.368 e. The first-order valence-electron chi connectivity index (χ1n) is 6.73. The lowest BCUT2D eigenvalue weighted by molar-refractivity contribution is 0.680. The molecule has 8 nitrogen and oxygen atoms in total. The maximum atomic E-state index is 6.02. The topological polar surface area (TPSA) is 99.8 Å². The van der Waals surface area contributed by atoms with Crippen LogP contribution in [-0.2, 0) is 6.54 Å². The standard InChI is InChI=1S/C13H10BrClN8/c14-8-2-1-4-17-9(8)10-19-12-7-6-18-22(5-3-15)11(7)20-13(16)23(12)21-10/h1-2,4,6H,3,5H2,(H2,16,20). The molecular weight excluding hydrogens is 384 g/mol. The van der Waals surface area contributed by atoms with E-state index in [1.54, 1.807) is 17.1 Å². The van der Waals surface area contributed by atoms with E-state index < -0.39 is 0 Å². The van der Waals surface area contributed by atoms with Crippen LogP contribution in [0.3, 0.4) is 0 Å². The van der Waals surface area contributed by atoms with Crippen molar-refractivity contribution in [2.24, 2.45) is 0 Å². The lowest BCUT2D eigenvalue weighted by Crippen LogP contribution is -2.06. The molecule has 0 saturated heterocycles. The van der Waals surface area contributed by atoms with E-state index in [9.17, 15) is 0 Å². The Balaban J connectivity index is 2.00. The molecule has 23 heavy (non-hydrogen) atoms. The molecule has 4 aromatic rings. The van der Waals surface area contributed by atoms with Crippen LogP contribution in [0.25, 0.3) is 28.2 Å². The Hall–Kier alpha value is -2.26. The van der Waals surface area contributed by atoms with E-state index in [-0.39, 0.29) is 5.95 Å². The zero-order valence-electron chi connectivity index (χ0n) is 11.7. The number of nitrogen functional groups attached to an aromatic ring is 1. The number of aryl methyl sites for hydroxylation is 1. The smallest absolute Gasteiger partial charge is 0.225 e. The van der Waals surface area contributed by atoms with Gasteiger partial charge in [0.25, 0.3) is 0 Å². The van der Waals surface area contributed by atoms with E-state index >= 15 is 0 Å². The molecule has 0 unspecified atom stereocenters. The molecule has 4 aromatic heterocycles. The summed E-state index contributed by atoms with van der Waals surface area (Å²) in [6, 6.07) is 3.71. The fourth-order valence-electron chi connectivity index (χ4n) is 2.35. The average molecular weight is 394 g/mol. The van der Waals surface area contributed by atoms with Crippen molar-refractivity contribution in [1.29, 1.82) is 0 Å². The SMILES string of the molecule is Nc1nc2c(cnn2CCCl)c2nc(-c3ncccc3Br)nn12. The van der Waals surface area contributed by atoms with Crippen molar-refractivity contribution in [3.63, 3.8) is 0 Å². The first-order valence-corrected chi connectivity index (χ1v) is 8.06. The Morgan fingerprint density at radius 1 is 1.26 bits per heavy atom. The second-order valence-electron chi connectivity index (χ2n) is 4.77. The number of nitrogens with two attached hydrogens (primary N) is 1. The van der Waals surface area contributed by atoms with Crippen LogP contribution in [0.2, 0.25) is 0 Å². The van der Waals surface area contributed by atoms with Crippen LogP contribution >= 0.6 is 27.5 Å². The first kappa shape index (κ1) is 14.3. The Morgan fingerprint density at radius 2 is 2.13 bits per heavy atom. The van der Waals surface area contributed by atoms with E-state index in [0.717, 1.165) is 9.86 Å². The zero-order chi connectivity index (χ0) is 16.0. The normalized spacial score (nSPS) is 11.6. The molecule has 0 aliphatic rings. The predicted molar refractivity (Wildman–Crippen MR) is 90.1 cm³/mol. The Labute approximate surface area is 143 Å². The van der Waals surface area contributed by atoms with Gasteiger partial charge in [0.15, 0.2) is 11.3 Å². The van der Waals surface area contributed by atoms with Gasteiger partial charge in [-0.25, -0.2) is 9.67 Å². The van der Waals surface area contributed by atoms with Gasteiger partial charge in [0, 0.05) is 16.5 Å². The maximum Gasteiger partial charge on any atom is 0.225 e. The van der Waals surface area contributed by atoms with Gasteiger partial charge < -0.3 is 5.73 Å². The summed E-state index contributed by atoms with van der Waals surface area (Å²) in [5.74, 6) is 1.13. The van der Waals surface area contributed by atoms with Crippen molar-refractivity contribution in [3.05, 3.63) is 29.0 Å². The Kier molecular flexibility index (Phi) is 3.38. The number of hydrogen-bond donors (Lipinski definition) is 1. The lowest BCUT2D eigenvalue weighted by atomic mass is 10.3. The van der Waals surface area contributed by atoms with E-state index in [0.29, 0.717) is 35.2 Å². The molecule has 4 heterocycles. The van der Waals surface area contributed by atoms with Crippen LogP contribution in [0, 0.1) is 0 Å². The molecule has 0 amide bonds. The second-order valence-corrected chi connectivity index (χ2v) is 6.00. The third-order valence-electron chi connectivity index (χ3n) is 3.36. The highest BCUT2D eigenvalue weighted by Gasteiger charge is 2.17. The van der Waals surface area contributed by atoms with Gasteiger partial charge in [-0.15, -0.1) is 16.7 Å². The molecule has 0 aromatic carbocycles. The lowest BCUT2D eigenvalue weighted by Gasteiger charge is -2.01.